The molecule has 0 amide bonds. The maximum absolute atomic E-state index is 7.87. The first kappa shape index (κ1) is 13.4. The molecule has 0 aromatic heterocycles. The Kier molecular flexibility index (Phi) is 6.34. The molecular formula is C13H24N2O. The zero-order valence-corrected chi connectivity index (χ0v) is 10.6. The third kappa shape index (κ3) is 4.45. The number of hydrogen-bond donors (Lipinski definition) is 2. The Balaban J connectivity index is 2.28. The first-order chi connectivity index (χ1) is 7.75. The number of ether oxygens (including phenoxy) is 1. The van der Waals surface area contributed by atoms with E-state index in [0.717, 1.165) is 43.6 Å². The summed E-state index contributed by atoms with van der Waals surface area (Å²) in [6.07, 6.45) is 4.21. The summed E-state index contributed by atoms with van der Waals surface area (Å²) in [5.41, 5.74) is 3.26. The molecule has 1 aliphatic heterocycles. The highest BCUT2D eigenvalue weighted by Gasteiger charge is 2.14. The van der Waals surface area contributed by atoms with E-state index in [9.17, 15) is 0 Å². The third-order valence-corrected chi connectivity index (χ3v) is 2.95. The molecule has 3 heteroatoms. The molecule has 1 heterocycles. The van der Waals surface area contributed by atoms with E-state index in [1.165, 1.54) is 12.0 Å². The van der Waals surface area contributed by atoms with Crippen molar-refractivity contribution in [1.82, 2.24) is 5.32 Å². The summed E-state index contributed by atoms with van der Waals surface area (Å²) in [6.45, 7) is 7.86. The van der Waals surface area contributed by atoms with Crippen LogP contribution in [0.5, 0.6) is 0 Å². The summed E-state index contributed by atoms with van der Waals surface area (Å²) < 4.78 is 5.40. The molecule has 1 saturated heterocycles. The molecule has 3 nitrogen and oxygen atoms in total. The van der Waals surface area contributed by atoms with Crippen LogP contribution in [0, 0.1) is 5.41 Å². The van der Waals surface area contributed by atoms with Gasteiger partial charge in [-0.25, -0.2) is 0 Å². The lowest BCUT2D eigenvalue weighted by molar-refractivity contribution is 0.156. The Morgan fingerprint density at radius 1 is 1.44 bits per heavy atom. The van der Waals surface area contributed by atoms with Crippen molar-refractivity contribution in [2.75, 3.05) is 26.3 Å². The molecule has 0 bridgehead atoms. The highest BCUT2D eigenvalue weighted by molar-refractivity contribution is 5.99. The predicted molar refractivity (Wildman–Crippen MR) is 68.3 cm³/mol. The Labute approximate surface area is 98.8 Å². The van der Waals surface area contributed by atoms with Crippen molar-refractivity contribution in [2.24, 2.45) is 0 Å². The van der Waals surface area contributed by atoms with Crippen LogP contribution in [-0.2, 0) is 4.74 Å². The Morgan fingerprint density at radius 3 is 2.94 bits per heavy atom. The van der Waals surface area contributed by atoms with Crippen LogP contribution in [0.4, 0.5) is 0 Å². The van der Waals surface area contributed by atoms with Crippen LogP contribution >= 0.6 is 0 Å². The molecule has 0 unspecified atom stereocenters. The minimum absolute atomic E-state index is 0.646. The first-order valence-corrected chi connectivity index (χ1v) is 6.30. The average Bonchev–Trinajstić information content (AvgIpc) is 2.29. The number of nitrogens with one attached hydrogen (secondary N) is 2. The molecule has 0 saturated carbocycles. The van der Waals surface area contributed by atoms with E-state index >= 15 is 0 Å². The highest BCUT2D eigenvalue weighted by atomic mass is 16.5. The maximum atomic E-state index is 7.87. The fourth-order valence-electron chi connectivity index (χ4n) is 1.90. The summed E-state index contributed by atoms with van der Waals surface area (Å²) in [7, 11) is 0. The second-order valence-electron chi connectivity index (χ2n) is 4.39. The molecule has 0 aromatic carbocycles. The molecule has 1 rings (SSSR count). The number of allylic oxidation sites excluding steroid dienone is 1. The summed E-state index contributed by atoms with van der Waals surface area (Å²) in [5.74, 6) is 0. The smallest absolute Gasteiger partial charge is 0.0733 e. The summed E-state index contributed by atoms with van der Waals surface area (Å²) in [5, 5.41) is 11.3. The van der Waals surface area contributed by atoms with Crippen LogP contribution < -0.4 is 5.32 Å². The van der Waals surface area contributed by atoms with Crippen molar-refractivity contribution in [3.8, 4) is 0 Å². The number of hydrogen-bond acceptors (Lipinski definition) is 3. The third-order valence-electron chi connectivity index (χ3n) is 2.95. The lowest BCUT2D eigenvalue weighted by atomic mass is 9.98. The van der Waals surface area contributed by atoms with Crippen molar-refractivity contribution in [1.29, 1.82) is 5.41 Å². The van der Waals surface area contributed by atoms with Gasteiger partial charge in [-0.1, -0.05) is 12.5 Å². The Bertz CT molecular complexity index is 259. The molecule has 1 aliphatic rings. The van der Waals surface area contributed by atoms with Gasteiger partial charge in [-0.3, -0.25) is 0 Å². The normalized spacial score (nSPS) is 20.0. The molecule has 0 aliphatic carbocycles. The Hall–Kier alpha value is -0.670. The molecule has 92 valence electrons. The van der Waals surface area contributed by atoms with Gasteiger partial charge in [0.1, 0.15) is 0 Å². The molecule has 16 heavy (non-hydrogen) atoms. The van der Waals surface area contributed by atoms with Crippen LogP contribution in [0.3, 0.4) is 0 Å². The SMILES string of the molecule is CCCNCCC/C(C)=C1\COCCC1=N. The predicted octanol–water partition coefficient (Wildman–Crippen LogP) is 2.52. The van der Waals surface area contributed by atoms with Gasteiger partial charge in [0.15, 0.2) is 0 Å². The van der Waals surface area contributed by atoms with Crippen LogP contribution in [0.1, 0.15) is 39.5 Å². The van der Waals surface area contributed by atoms with Gasteiger partial charge >= 0.3 is 0 Å². The van der Waals surface area contributed by atoms with E-state index < -0.39 is 0 Å². The summed E-state index contributed by atoms with van der Waals surface area (Å²) in [4.78, 5) is 0. The van der Waals surface area contributed by atoms with Crippen molar-refractivity contribution < 1.29 is 4.74 Å². The van der Waals surface area contributed by atoms with E-state index in [0.29, 0.717) is 13.2 Å². The Morgan fingerprint density at radius 2 is 2.25 bits per heavy atom. The largest absolute Gasteiger partial charge is 0.376 e. The first-order valence-electron chi connectivity index (χ1n) is 6.30. The van der Waals surface area contributed by atoms with Gasteiger partial charge in [-0.2, -0.15) is 0 Å². The van der Waals surface area contributed by atoms with E-state index in [1.54, 1.807) is 0 Å². The second kappa shape index (κ2) is 7.58. The fourth-order valence-corrected chi connectivity index (χ4v) is 1.90. The van der Waals surface area contributed by atoms with Gasteiger partial charge in [-0.15, -0.1) is 0 Å². The van der Waals surface area contributed by atoms with Crippen LogP contribution in [0.15, 0.2) is 11.1 Å². The van der Waals surface area contributed by atoms with Gasteiger partial charge in [0.25, 0.3) is 0 Å². The highest BCUT2D eigenvalue weighted by Crippen LogP contribution is 2.17. The molecule has 0 atom stereocenters. The van der Waals surface area contributed by atoms with E-state index in [-0.39, 0.29) is 0 Å². The fraction of sp³-hybridized carbons (Fsp3) is 0.769. The monoisotopic (exact) mass is 224 g/mol. The summed E-state index contributed by atoms with van der Waals surface area (Å²) in [6, 6.07) is 0. The quantitative estimate of drug-likeness (QED) is 0.681. The van der Waals surface area contributed by atoms with Gasteiger partial charge in [0.05, 0.1) is 13.2 Å². The van der Waals surface area contributed by atoms with Gasteiger partial charge in [0.2, 0.25) is 0 Å². The van der Waals surface area contributed by atoms with Crippen molar-refractivity contribution in [3.63, 3.8) is 0 Å². The van der Waals surface area contributed by atoms with Crippen LogP contribution in [0.25, 0.3) is 0 Å². The van der Waals surface area contributed by atoms with Crippen molar-refractivity contribution in [2.45, 2.75) is 39.5 Å². The molecule has 2 N–H and O–H groups in total. The molecule has 0 radical (unpaired) electrons. The lowest BCUT2D eigenvalue weighted by Gasteiger charge is -2.19. The topological polar surface area (TPSA) is 45.1 Å². The standard InChI is InChI=1S/C13H24N2O/c1-3-7-15-8-4-5-11(2)12-10-16-9-6-13(12)14/h14-15H,3-10H2,1-2H3/b12-11+,14-13?. The van der Waals surface area contributed by atoms with Crippen molar-refractivity contribution >= 4 is 5.71 Å². The molecular weight excluding hydrogens is 200 g/mol. The molecule has 1 fully saturated rings. The maximum Gasteiger partial charge on any atom is 0.0733 e. The van der Waals surface area contributed by atoms with Gasteiger partial charge in [0, 0.05) is 12.1 Å². The van der Waals surface area contributed by atoms with E-state index in [2.05, 4.69) is 19.2 Å². The minimum Gasteiger partial charge on any atom is -0.376 e. The van der Waals surface area contributed by atoms with E-state index in [4.69, 9.17) is 10.1 Å². The van der Waals surface area contributed by atoms with Crippen LogP contribution in [0.2, 0.25) is 0 Å². The van der Waals surface area contributed by atoms with Crippen LogP contribution in [-0.4, -0.2) is 32.0 Å². The zero-order valence-electron chi connectivity index (χ0n) is 10.6. The average molecular weight is 224 g/mol. The van der Waals surface area contributed by atoms with E-state index in [1.807, 2.05) is 0 Å². The zero-order chi connectivity index (χ0) is 11.8. The second-order valence-corrected chi connectivity index (χ2v) is 4.39. The lowest BCUT2D eigenvalue weighted by Crippen LogP contribution is -2.20. The molecule has 0 spiro atoms. The van der Waals surface area contributed by atoms with Gasteiger partial charge < -0.3 is 15.5 Å². The number of rotatable bonds is 6. The molecule has 0 aromatic rings. The van der Waals surface area contributed by atoms with Gasteiger partial charge in [-0.05, 0) is 44.8 Å². The minimum atomic E-state index is 0.646. The summed E-state index contributed by atoms with van der Waals surface area (Å²) >= 11 is 0. The van der Waals surface area contributed by atoms with Crippen molar-refractivity contribution in [3.05, 3.63) is 11.1 Å².